The molecule has 1 aromatic heterocycles. The second-order valence-corrected chi connectivity index (χ2v) is 7.93. The van der Waals surface area contributed by atoms with Gasteiger partial charge in [-0.15, -0.1) is 0 Å². The fraction of sp³-hybridized carbons (Fsp3) is 0.471. The predicted octanol–water partition coefficient (Wildman–Crippen LogP) is 2.35. The van der Waals surface area contributed by atoms with Crippen LogP contribution in [0.25, 0.3) is 0 Å². The van der Waals surface area contributed by atoms with Gasteiger partial charge in [-0.25, -0.2) is 17.6 Å². The summed E-state index contributed by atoms with van der Waals surface area (Å²) >= 11 is 0. The van der Waals surface area contributed by atoms with Crippen molar-refractivity contribution >= 4 is 27.4 Å². The number of azo groups is 1. The summed E-state index contributed by atoms with van der Waals surface area (Å²) in [6.07, 6.45) is 0.237. The third-order valence-electron chi connectivity index (χ3n) is 4.37. The van der Waals surface area contributed by atoms with Gasteiger partial charge in [0.15, 0.2) is 0 Å². The maximum absolute atomic E-state index is 10.8. The normalized spacial score (nSPS) is 12.1. The SMILES string of the molecule is Cc1c(C)[n+](C)c(N=Nc2ccc(N(C)C)cc2)n1CCCS(=O)(=O)[O-]. The van der Waals surface area contributed by atoms with Gasteiger partial charge in [-0.05, 0) is 44.5 Å². The molecule has 0 atom stereocenters. The molecular weight excluding hydrogens is 354 g/mol. The first kappa shape index (κ1) is 20.1. The topological polar surface area (TPSA) is 94.0 Å². The van der Waals surface area contributed by atoms with Crippen LogP contribution in [0.2, 0.25) is 0 Å². The lowest BCUT2D eigenvalue weighted by Gasteiger charge is -2.11. The monoisotopic (exact) mass is 379 g/mol. The lowest BCUT2D eigenvalue weighted by atomic mass is 10.3. The van der Waals surface area contributed by atoms with Gasteiger partial charge < -0.3 is 9.45 Å². The van der Waals surface area contributed by atoms with E-state index in [9.17, 15) is 13.0 Å². The average Bonchev–Trinajstić information content (AvgIpc) is 2.76. The Morgan fingerprint density at radius 2 is 1.77 bits per heavy atom. The molecule has 26 heavy (non-hydrogen) atoms. The number of imidazole rings is 1. The van der Waals surface area contributed by atoms with E-state index in [2.05, 4.69) is 10.2 Å². The van der Waals surface area contributed by atoms with Crippen LogP contribution in [0.15, 0.2) is 34.5 Å². The maximum atomic E-state index is 10.8. The van der Waals surface area contributed by atoms with Gasteiger partial charge in [0.2, 0.25) is 0 Å². The Hall–Kier alpha value is -2.26. The number of rotatable bonds is 7. The van der Waals surface area contributed by atoms with Crippen molar-refractivity contribution in [2.24, 2.45) is 17.3 Å². The molecule has 0 spiro atoms. The minimum atomic E-state index is -4.22. The summed E-state index contributed by atoms with van der Waals surface area (Å²) in [7, 11) is 1.60. The van der Waals surface area contributed by atoms with E-state index >= 15 is 0 Å². The minimum absolute atomic E-state index is 0.237. The van der Waals surface area contributed by atoms with E-state index in [1.165, 1.54) is 0 Å². The van der Waals surface area contributed by atoms with Crippen LogP contribution >= 0.6 is 0 Å². The van der Waals surface area contributed by atoms with Crippen molar-refractivity contribution in [3.8, 4) is 0 Å². The van der Waals surface area contributed by atoms with E-state index < -0.39 is 15.9 Å². The Bertz CT molecular complexity index is 899. The summed E-state index contributed by atoms with van der Waals surface area (Å²) in [5.41, 5.74) is 3.77. The molecule has 0 bridgehead atoms. The summed E-state index contributed by atoms with van der Waals surface area (Å²) in [5.74, 6) is 0.218. The molecule has 0 radical (unpaired) electrons. The first-order valence-electron chi connectivity index (χ1n) is 8.28. The van der Waals surface area contributed by atoms with Crippen molar-refractivity contribution in [1.82, 2.24) is 4.57 Å². The predicted molar refractivity (Wildman–Crippen MR) is 99.2 cm³/mol. The molecule has 9 heteroatoms. The molecule has 0 N–H and O–H groups in total. The summed E-state index contributed by atoms with van der Waals surface area (Å²) < 4.78 is 36.3. The van der Waals surface area contributed by atoms with Crippen LogP contribution in [0.1, 0.15) is 17.8 Å². The smallest absolute Gasteiger partial charge is 0.421 e. The Morgan fingerprint density at radius 3 is 2.31 bits per heavy atom. The quantitative estimate of drug-likeness (QED) is 0.419. The molecule has 0 saturated heterocycles. The highest BCUT2D eigenvalue weighted by molar-refractivity contribution is 7.85. The number of nitrogens with zero attached hydrogens (tertiary/aromatic N) is 5. The molecule has 0 aliphatic carbocycles. The first-order valence-corrected chi connectivity index (χ1v) is 9.86. The molecule has 142 valence electrons. The summed E-state index contributed by atoms with van der Waals surface area (Å²) in [4.78, 5) is 2.00. The zero-order chi connectivity index (χ0) is 19.5. The number of hydrogen-bond donors (Lipinski definition) is 0. The molecule has 0 fully saturated rings. The van der Waals surface area contributed by atoms with Gasteiger partial charge in [0.05, 0.1) is 23.7 Å². The van der Waals surface area contributed by atoms with E-state index in [0.717, 1.165) is 22.8 Å². The van der Waals surface area contributed by atoms with Crippen molar-refractivity contribution in [3.63, 3.8) is 0 Å². The lowest BCUT2D eigenvalue weighted by Crippen LogP contribution is -2.29. The van der Waals surface area contributed by atoms with Crippen LogP contribution in [0.3, 0.4) is 0 Å². The number of hydrogen-bond acceptors (Lipinski definition) is 6. The van der Waals surface area contributed by atoms with Crippen molar-refractivity contribution < 1.29 is 17.5 Å². The number of benzene rings is 1. The molecule has 0 unspecified atom stereocenters. The van der Waals surface area contributed by atoms with Crippen LogP contribution in [0.4, 0.5) is 17.3 Å². The maximum Gasteiger partial charge on any atom is 0.421 e. The second kappa shape index (κ2) is 7.96. The van der Waals surface area contributed by atoms with E-state index in [1.807, 2.05) is 73.3 Å². The van der Waals surface area contributed by atoms with Gasteiger partial charge in [0.25, 0.3) is 0 Å². The third kappa shape index (κ3) is 4.89. The van der Waals surface area contributed by atoms with E-state index in [4.69, 9.17) is 0 Å². The largest absolute Gasteiger partial charge is 0.748 e. The van der Waals surface area contributed by atoms with Crippen molar-refractivity contribution in [2.75, 3.05) is 24.7 Å². The molecule has 0 aliphatic heterocycles. The van der Waals surface area contributed by atoms with E-state index in [1.54, 1.807) is 0 Å². The van der Waals surface area contributed by atoms with E-state index in [-0.39, 0.29) is 6.42 Å². The highest BCUT2D eigenvalue weighted by atomic mass is 32.2. The molecule has 1 aromatic carbocycles. The molecule has 8 nitrogen and oxygen atoms in total. The first-order chi connectivity index (χ1) is 12.1. The van der Waals surface area contributed by atoms with Crippen molar-refractivity contribution in [2.45, 2.75) is 26.8 Å². The summed E-state index contributed by atoms with van der Waals surface area (Å²) in [5, 5.41) is 8.65. The Balaban J connectivity index is 2.26. The van der Waals surface area contributed by atoms with Crippen LogP contribution in [0.5, 0.6) is 0 Å². The fourth-order valence-electron chi connectivity index (χ4n) is 2.63. The average molecular weight is 379 g/mol. The van der Waals surface area contributed by atoms with Gasteiger partial charge in [0.1, 0.15) is 17.1 Å². The molecule has 0 saturated carbocycles. The molecule has 2 rings (SSSR count). The minimum Gasteiger partial charge on any atom is -0.748 e. The summed E-state index contributed by atoms with van der Waals surface area (Å²) in [6.45, 7) is 4.29. The van der Waals surface area contributed by atoms with Gasteiger partial charge in [-0.2, -0.15) is 0 Å². The lowest BCUT2D eigenvalue weighted by molar-refractivity contribution is -0.664. The highest BCUT2D eigenvalue weighted by Gasteiger charge is 2.22. The Kier molecular flexibility index (Phi) is 6.14. The zero-order valence-electron chi connectivity index (χ0n) is 15.8. The van der Waals surface area contributed by atoms with Gasteiger partial charge in [-0.3, -0.25) is 0 Å². The highest BCUT2D eigenvalue weighted by Crippen LogP contribution is 2.22. The van der Waals surface area contributed by atoms with Crippen LogP contribution in [-0.2, 0) is 23.7 Å². The third-order valence-corrected chi connectivity index (χ3v) is 5.16. The fourth-order valence-corrected chi connectivity index (χ4v) is 3.11. The van der Waals surface area contributed by atoms with Crippen molar-refractivity contribution in [1.29, 1.82) is 0 Å². The van der Waals surface area contributed by atoms with Crippen LogP contribution < -0.4 is 9.47 Å². The molecule has 0 amide bonds. The Morgan fingerprint density at radius 1 is 1.15 bits per heavy atom. The summed E-state index contributed by atoms with van der Waals surface area (Å²) in [6, 6.07) is 7.69. The van der Waals surface area contributed by atoms with Gasteiger partial charge >= 0.3 is 5.95 Å². The van der Waals surface area contributed by atoms with Crippen LogP contribution in [0, 0.1) is 13.8 Å². The molecule has 0 aliphatic rings. The molecular formula is C17H25N5O3S. The number of anilines is 1. The zero-order valence-corrected chi connectivity index (χ0v) is 16.6. The second-order valence-electron chi connectivity index (χ2n) is 6.41. The Labute approximate surface area is 154 Å². The van der Waals surface area contributed by atoms with Gasteiger partial charge in [-0.1, -0.05) is 5.11 Å². The van der Waals surface area contributed by atoms with Crippen LogP contribution in [-0.4, -0.2) is 37.4 Å². The molecule has 1 heterocycles. The number of aromatic nitrogens is 2. The van der Waals surface area contributed by atoms with Gasteiger partial charge in [0, 0.05) is 30.6 Å². The van der Waals surface area contributed by atoms with E-state index in [0.29, 0.717) is 12.5 Å². The standard InChI is InChI=1S/C17H25N5O3S/c1-13-14(2)22(11-6-12-26(23,24)25)17(21(13)5)19-18-15-7-9-16(10-8-15)20(3)4/h7-10H,6,11-12H2,1-5H3. The van der Waals surface area contributed by atoms with Crippen molar-refractivity contribution in [3.05, 3.63) is 35.7 Å². The molecule has 2 aromatic rings.